The maximum Gasteiger partial charge on any atom is 0.328 e. The number of ether oxygens (including phenoxy) is 1. The molecular weight excluding hydrogens is 622 g/mol. The second-order valence-corrected chi connectivity index (χ2v) is 13.2. The quantitative estimate of drug-likeness (QED) is 0.301. The van der Waals surface area contributed by atoms with E-state index in [4.69, 9.17) is 4.74 Å². The van der Waals surface area contributed by atoms with E-state index >= 15 is 0 Å². The van der Waals surface area contributed by atoms with E-state index in [9.17, 15) is 22.8 Å². The number of hydrogen-bond donors (Lipinski definition) is 2. The van der Waals surface area contributed by atoms with Gasteiger partial charge in [0, 0.05) is 23.6 Å². The summed E-state index contributed by atoms with van der Waals surface area (Å²) in [5, 5.41) is 5.63. The topological polar surface area (TPSA) is 122 Å². The minimum atomic E-state index is -3.98. The number of hydrogen-bond acceptors (Lipinski definition) is 6. The number of esters is 1. The molecule has 0 bridgehead atoms. The van der Waals surface area contributed by atoms with Gasteiger partial charge in [0.05, 0.1) is 17.6 Å². The lowest BCUT2D eigenvalue weighted by molar-refractivity contribution is -0.146. The summed E-state index contributed by atoms with van der Waals surface area (Å²) in [6.45, 7) is 1.87. The Kier molecular flexibility index (Phi) is 9.85. The minimum absolute atomic E-state index is 0.103. The molecule has 1 fully saturated rings. The molecule has 0 saturated heterocycles. The van der Waals surface area contributed by atoms with Crippen molar-refractivity contribution in [3.8, 4) is 0 Å². The van der Waals surface area contributed by atoms with E-state index in [1.165, 1.54) is 26.3 Å². The van der Waals surface area contributed by atoms with Gasteiger partial charge in [-0.15, -0.1) is 0 Å². The molecule has 0 aromatic heterocycles. The Balaban J connectivity index is 1.50. The summed E-state index contributed by atoms with van der Waals surface area (Å²) in [7, 11) is -1.32. The molecule has 2 amide bonds. The van der Waals surface area contributed by atoms with Crippen LogP contribution in [0.1, 0.15) is 47.2 Å². The number of sulfonamides is 1. The molecular formula is C31H34BrN3O6S. The van der Waals surface area contributed by atoms with Crippen molar-refractivity contribution >= 4 is 49.4 Å². The van der Waals surface area contributed by atoms with Crippen molar-refractivity contribution in [1.29, 1.82) is 0 Å². The molecule has 42 heavy (non-hydrogen) atoms. The molecule has 3 aromatic carbocycles. The van der Waals surface area contributed by atoms with Gasteiger partial charge in [-0.3, -0.25) is 9.59 Å². The van der Waals surface area contributed by atoms with Crippen LogP contribution < -0.4 is 10.6 Å². The minimum Gasteiger partial charge on any atom is -0.467 e. The van der Waals surface area contributed by atoms with Crippen molar-refractivity contribution in [2.24, 2.45) is 0 Å². The predicted octanol–water partition coefficient (Wildman–Crippen LogP) is 4.84. The number of anilines is 1. The summed E-state index contributed by atoms with van der Waals surface area (Å²) in [5.41, 5.74) is 1.35. The Labute approximate surface area is 254 Å². The highest BCUT2D eigenvalue weighted by molar-refractivity contribution is 9.10. The van der Waals surface area contributed by atoms with Crippen molar-refractivity contribution in [3.05, 3.63) is 94.0 Å². The fourth-order valence-corrected chi connectivity index (χ4v) is 7.16. The van der Waals surface area contributed by atoms with Crippen LogP contribution in [-0.4, -0.2) is 56.2 Å². The third kappa shape index (κ3) is 6.74. The zero-order valence-corrected chi connectivity index (χ0v) is 26.1. The Morgan fingerprint density at radius 1 is 0.976 bits per heavy atom. The van der Waals surface area contributed by atoms with Crippen LogP contribution in [0.2, 0.25) is 0 Å². The molecule has 0 heterocycles. The van der Waals surface area contributed by atoms with Gasteiger partial charge >= 0.3 is 5.97 Å². The number of halogens is 1. The molecule has 0 spiro atoms. The van der Waals surface area contributed by atoms with Gasteiger partial charge in [-0.1, -0.05) is 54.8 Å². The number of nitrogens with zero attached hydrogens (tertiary/aromatic N) is 1. The lowest BCUT2D eigenvalue weighted by Gasteiger charge is -2.37. The first-order valence-electron chi connectivity index (χ1n) is 13.6. The molecule has 1 aliphatic carbocycles. The molecule has 0 aliphatic heterocycles. The molecule has 1 atom stereocenters. The zero-order chi connectivity index (χ0) is 30.5. The first-order chi connectivity index (χ1) is 20.0. The van der Waals surface area contributed by atoms with Crippen LogP contribution in [0.5, 0.6) is 0 Å². The highest BCUT2D eigenvalue weighted by atomic mass is 79.9. The van der Waals surface area contributed by atoms with Crippen LogP contribution in [0.15, 0.2) is 82.2 Å². The highest BCUT2D eigenvalue weighted by Crippen LogP contribution is 2.38. The molecule has 2 N–H and O–H groups in total. The van der Waals surface area contributed by atoms with E-state index in [-0.39, 0.29) is 17.2 Å². The Morgan fingerprint density at radius 2 is 1.60 bits per heavy atom. The molecule has 0 radical (unpaired) electrons. The van der Waals surface area contributed by atoms with Crippen LogP contribution in [0.3, 0.4) is 0 Å². The van der Waals surface area contributed by atoms with Crippen molar-refractivity contribution in [1.82, 2.24) is 9.62 Å². The van der Waals surface area contributed by atoms with E-state index in [1.54, 1.807) is 54.6 Å². The van der Waals surface area contributed by atoms with E-state index in [1.807, 2.05) is 13.0 Å². The van der Waals surface area contributed by atoms with Crippen LogP contribution in [0.25, 0.3) is 0 Å². The lowest BCUT2D eigenvalue weighted by Crippen LogP contribution is -2.60. The number of nitrogens with one attached hydrogen (secondary N) is 2. The summed E-state index contributed by atoms with van der Waals surface area (Å²) in [5.74, 6) is -1.46. The van der Waals surface area contributed by atoms with E-state index in [0.717, 1.165) is 9.87 Å². The van der Waals surface area contributed by atoms with Crippen molar-refractivity contribution < 1.29 is 27.5 Å². The number of likely N-dealkylation sites (N-methyl/N-ethyl adjacent to an activating group) is 1. The fourth-order valence-electron chi connectivity index (χ4n) is 5.18. The Morgan fingerprint density at radius 3 is 2.19 bits per heavy atom. The molecule has 4 rings (SSSR count). The Bertz CT molecular complexity index is 1550. The van der Waals surface area contributed by atoms with Gasteiger partial charge in [0.1, 0.15) is 11.6 Å². The standard InChI is InChI=1S/C31H34BrN3O6S/c1-21-10-16-24(17-11-21)42(39,40)35(2)31(18-6-7-19-31)30(38)34-27(29(37)41-3)20-22-12-14-23(15-13-22)33-28(36)25-8-4-5-9-26(25)32/h4-5,8-17,27H,6-7,18-20H2,1-3H3,(H,33,36)(H,34,38)/t27-/m0/s1. The first kappa shape index (κ1) is 31.4. The van der Waals surface area contributed by atoms with Gasteiger partial charge in [0.15, 0.2) is 0 Å². The highest BCUT2D eigenvalue weighted by Gasteiger charge is 2.50. The summed E-state index contributed by atoms with van der Waals surface area (Å²) in [4.78, 5) is 39.3. The van der Waals surface area contributed by atoms with Crippen molar-refractivity contribution in [2.75, 3.05) is 19.5 Å². The normalized spacial score (nSPS) is 15.2. The molecule has 0 unspecified atom stereocenters. The third-order valence-electron chi connectivity index (χ3n) is 7.70. The number of methoxy groups -OCH3 is 1. The van der Waals surface area contributed by atoms with Crippen LogP contribution in [0.4, 0.5) is 5.69 Å². The summed E-state index contributed by atoms with van der Waals surface area (Å²) in [6.07, 6.45) is 2.13. The van der Waals surface area contributed by atoms with Gasteiger partial charge < -0.3 is 15.4 Å². The largest absolute Gasteiger partial charge is 0.467 e. The van der Waals surface area contributed by atoms with Gasteiger partial charge in [-0.05, 0) is 77.7 Å². The van der Waals surface area contributed by atoms with E-state index in [0.29, 0.717) is 47.0 Å². The molecule has 3 aromatic rings. The van der Waals surface area contributed by atoms with Crippen LogP contribution in [-0.2, 0) is 30.8 Å². The predicted molar refractivity (Wildman–Crippen MR) is 164 cm³/mol. The fraction of sp³-hybridized carbons (Fsp3) is 0.323. The van der Waals surface area contributed by atoms with E-state index in [2.05, 4.69) is 26.6 Å². The van der Waals surface area contributed by atoms with Gasteiger partial charge in [0.2, 0.25) is 15.9 Å². The number of aryl methyl sites for hydroxylation is 1. The van der Waals surface area contributed by atoms with Crippen molar-refractivity contribution in [3.63, 3.8) is 0 Å². The Hall–Kier alpha value is -3.54. The van der Waals surface area contributed by atoms with Gasteiger partial charge in [-0.2, -0.15) is 4.31 Å². The zero-order valence-electron chi connectivity index (χ0n) is 23.7. The van der Waals surface area contributed by atoms with E-state index < -0.39 is 33.5 Å². The van der Waals surface area contributed by atoms with Gasteiger partial charge in [0.25, 0.3) is 5.91 Å². The maximum atomic E-state index is 13.8. The molecule has 1 saturated carbocycles. The van der Waals surface area contributed by atoms with Crippen LogP contribution in [0, 0.1) is 6.92 Å². The third-order valence-corrected chi connectivity index (χ3v) is 10.3. The lowest BCUT2D eigenvalue weighted by atomic mass is 9.95. The SMILES string of the molecule is COC(=O)[C@H](Cc1ccc(NC(=O)c2ccccc2Br)cc1)NC(=O)C1(N(C)S(=O)(=O)c2ccc(C)cc2)CCCC1. The smallest absolute Gasteiger partial charge is 0.328 e. The summed E-state index contributed by atoms with van der Waals surface area (Å²) in [6, 6.07) is 19.4. The second-order valence-electron chi connectivity index (χ2n) is 10.4. The number of amides is 2. The monoisotopic (exact) mass is 655 g/mol. The average Bonchev–Trinajstić information content (AvgIpc) is 3.48. The molecule has 9 nitrogen and oxygen atoms in total. The molecule has 222 valence electrons. The summed E-state index contributed by atoms with van der Waals surface area (Å²) < 4.78 is 33.9. The molecule has 11 heteroatoms. The molecule has 1 aliphatic rings. The maximum absolute atomic E-state index is 13.8. The second kappa shape index (κ2) is 13.2. The van der Waals surface area contributed by atoms with Gasteiger partial charge in [-0.25, -0.2) is 13.2 Å². The summed E-state index contributed by atoms with van der Waals surface area (Å²) >= 11 is 3.38. The number of benzene rings is 3. The average molecular weight is 657 g/mol. The first-order valence-corrected chi connectivity index (χ1v) is 15.8. The van der Waals surface area contributed by atoms with Crippen molar-refractivity contribution in [2.45, 2.75) is 55.5 Å². The number of rotatable bonds is 10. The number of carbonyl (C=O) groups is 3. The van der Waals surface area contributed by atoms with Crippen LogP contribution >= 0.6 is 15.9 Å². The number of carbonyl (C=O) groups excluding carboxylic acids is 3.